The topological polar surface area (TPSA) is 9.23 Å². The van der Waals surface area contributed by atoms with Crippen LogP contribution in [0.1, 0.15) is 13.8 Å². The van der Waals surface area contributed by atoms with E-state index >= 15 is 0 Å². The van der Waals surface area contributed by atoms with Gasteiger partial charge in [-0.3, -0.25) is 0 Å². The van der Waals surface area contributed by atoms with Gasteiger partial charge in [0.15, 0.2) is 0 Å². The van der Waals surface area contributed by atoms with Crippen LogP contribution in [0.3, 0.4) is 0 Å². The minimum absolute atomic E-state index is 0.910. The van der Waals surface area contributed by atoms with Gasteiger partial charge in [0.1, 0.15) is 5.75 Å². The highest BCUT2D eigenvalue weighted by Crippen LogP contribution is 2.61. The summed E-state index contributed by atoms with van der Waals surface area (Å²) in [6.07, 6.45) is 0. The molecule has 0 unspecified atom stereocenters. The van der Waals surface area contributed by atoms with Gasteiger partial charge >= 0.3 is 0 Å². The number of hydrogen-bond donors (Lipinski definition) is 0. The van der Waals surface area contributed by atoms with Gasteiger partial charge in [-0.05, 0) is 57.7 Å². The van der Waals surface area contributed by atoms with Crippen molar-refractivity contribution in [2.75, 3.05) is 18.6 Å². The van der Waals surface area contributed by atoms with Gasteiger partial charge in [-0.1, -0.05) is 32.0 Å². The van der Waals surface area contributed by atoms with Crippen LogP contribution in [-0.2, 0) is 0 Å². The molecular weight excluding hydrogens is 252 g/mol. The molecule has 0 atom stereocenters. The van der Waals surface area contributed by atoms with Crippen molar-refractivity contribution >= 4 is 10.0 Å². The third-order valence-corrected chi connectivity index (χ3v) is 8.01. The van der Waals surface area contributed by atoms with E-state index in [9.17, 15) is 0 Å². The van der Waals surface area contributed by atoms with E-state index in [1.807, 2.05) is 0 Å². The van der Waals surface area contributed by atoms with E-state index < -0.39 is 10.0 Å². The van der Waals surface area contributed by atoms with Crippen molar-refractivity contribution in [1.29, 1.82) is 0 Å². The molecular formula is C17H22OS. The molecule has 0 amide bonds. The molecule has 0 saturated heterocycles. The number of methoxy groups -OCH3 is 1. The molecule has 2 rings (SSSR count). The van der Waals surface area contributed by atoms with E-state index in [4.69, 9.17) is 4.74 Å². The van der Waals surface area contributed by atoms with Gasteiger partial charge in [-0.2, -0.15) is 10.0 Å². The second-order valence-electron chi connectivity index (χ2n) is 4.45. The van der Waals surface area contributed by atoms with E-state index in [-0.39, 0.29) is 0 Å². The minimum atomic E-state index is -0.910. The Morgan fingerprint density at radius 2 is 1.32 bits per heavy atom. The number of benzene rings is 2. The molecule has 0 saturated carbocycles. The quantitative estimate of drug-likeness (QED) is 0.749. The molecule has 0 radical (unpaired) electrons. The van der Waals surface area contributed by atoms with Crippen LogP contribution in [0.4, 0.5) is 0 Å². The number of rotatable bonds is 5. The first-order chi connectivity index (χ1) is 9.26. The van der Waals surface area contributed by atoms with Crippen molar-refractivity contribution in [2.24, 2.45) is 0 Å². The Labute approximate surface area is 117 Å². The summed E-state index contributed by atoms with van der Waals surface area (Å²) in [5, 5.41) is 0. The van der Waals surface area contributed by atoms with Crippen LogP contribution >= 0.6 is 10.0 Å². The summed E-state index contributed by atoms with van der Waals surface area (Å²) in [7, 11) is 0.804. The van der Waals surface area contributed by atoms with Crippen LogP contribution in [0, 0.1) is 0 Å². The smallest absolute Gasteiger partial charge is 0.118 e. The fourth-order valence-electron chi connectivity index (χ4n) is 2.52. The maximum Gasteiger partial charge on any atom is 0.118 e. The van der Waals surface area contributed by atoms with Crippen molar-refractivity contribution < 1.29 is 4.74 Å². The zero-order valence-electron chi connectivity index (χ0n) is 11.9. The van der Waals surface area contributed by atoms with Crippen molar-refractivity contribution in [3.8, 4) is 5.75 Å². The molecule has 0 aliphatic carbocycles. The van der Waals surface area contributed by atoms with Crippen molar-refractivity contribution in [1.82, 2.24) is 0 Å². The maximum atomic E-state index is 5.26. The van der Waals surface area contributed by atoms with Gasteiger partial charge in [-0.25, -0.2) is 0 Å². The number of ether oxygens (including phenoxy) is 1. The molecule has 1 nitrogen and oxygen atoms in total. The summed E-state index contributed by atoms with van der Waals surface area (Å²) in [4.78, 5) is 2.93. The summed E-state index contributed by atoms with van der Waals surface area (Å²) >= 11 is 0. The third-order valence-electron chi connectivity index (χ3n) is 3.69. The van der Waals surface area contributed by atoms with Gasteiger partial charge < -0.3 is 4.74 Å². The van der Waals surface area contributed by atoms with E-state index in [0.717, 1.165) is 5.75 Å². The fourth-order valence-corrected chi connectivity index (χ4v) is 5.87. The zero-order valence-corrected chi connectivity index (χ0v) is 12.7. The van der Waals surface area contributed by atoms with Gasteiger partial charge in [-0.15, -0.1) is 0 Å². The van der Waals surface area contributed by atoms with E-state index in [1.165, 1.54) is 21.3 Å². The highest BCUT2D eigenvalue weighted by Gasteiger charge is 2.24. The minimum Gasteiger partial charge on any atom is -0.497 e. The van der Waals surface area contributed by atoms with Crippen LogP contribution in [0.5, 0.6) is 5.75 Å². The lowest BCUT2D eigenvalue weighted by molar-refractivity contribution is 0.414. The van der Waals surface area contributed by atoms with Crippen LogP contribution in [-0.4, -0.2) is 18.6 Å². The normalized spacial score (nSPS) is 12.2. The van der Waals surface area contributed by atoms with E-state index in [2.05, 4.69) is 68.4 Å². The van der Waals surface area contributed by atoms with E-state index in [0.29, 0.717) is 0 Å². The largest absolute Gasteiger partial charge is 0.497 e. The summed E-state index contributed by atoms with van der Waals surface area (Å²) < 4.78 is 5.26. The molecule has 0 aromatic heterocycles. The molecule has 0 aliphatic heterocycles. The summed E-state index contributed by atoms with van der Waals surface area (Å²) in [5.74, 6) is 3.29. The van der Waals surface area contributed by atoms with Crippen molar-refractivity contribution in [2.45, 2.75) is 23.6 Å². The molecule has 2 heteroatoms. The standard InChI is InChI=1S/C17H22OS/c1-4-19(5-2,16-9-7-6-8-10-16)17-13-11-15(18-3)12-14-17/h6-14H,4-5H2,1-3H3. The third kappa shape index (κ3) is 2.64. The lowest BCUT2D eigenvalue weighted by Gasteiger charge is -2.39. The maximum absolute atomic E-state index is 5.26. The molecule has 0 bridgehead atoms. The Morgan fingerprint density at radius 3 is 1.79 bits per heavy atom. The van der Waals surface area contributed by atoms with Crippen LogP contribution in [0.15, 0.2) is 64.4 Å². The lowest BCUT2D eigenvalue weighted by atomic mass is 10.3. The summed E-state index contributed by atoms with van der Waals surface area (Å²) in [6, 6.07) is 19.5. The second-order valence-corrected chi connectivity index (χ2v) is 8.31. The Balaban J connectivity index is 2.49. The van der Waals surface area contributed by atoms with Crippen molar-refractivity contribution in [3.05, 3.63) is 54.6 Å². The first-order valence-electron chi connectivity index (χ1n) is 6.74. The Bertz CT molecular complexity index is 501. The van der Waals surface area contributed by atoms with Gasteiger partial charge in [0, 0.05) is 0 Å². The summed E-state index contributed by atoms with van der Waals surface area (Å²) in [6.45, 7) is 4.60. The highest BCUT2D eigenvalue weighted by atomic mass is 32.3. The second kappa shape index (κ2) is 6.16. The Morgan fingerprint density at radius 1 is 0.789 bits per heavy atom. The van der Waals surface area contributed by atoms with Crippen LogP contribution < -0.4 is 4.74 Å². The molecule has 0 heterocycles. The van der Waals surface area contributed by atoms with Gasteiger partial charge in [0.05, 0.1) is 7.11 Å². The molecule has 0 spiro atoms. The van der Waals surface area contributed by atoms with Crippen LogP contribution in [0.25, 0.3) is 0 Å². The molecule has 0 fully saturated rings. The molecule has 19 heavy (non-hydrogen) atoms. The molecule has 0 aliphatic rings. The lowest BCUT2D eigenvalue weighted by Crippen LogP contribution is -2.07. The number of hydrogen-bond acceptors (Lipinski definition) is 1. The van der Waals surface area contributed by atoms with E-state index in [1.54, 1.807) is 7.11 Å². The van der Waals surface area contributed by atoms with Crippen molar-refractivity contribution in [3.63, 3.8) is 0 Å². The Hall–Kier alpha value is -1.41. The molecule has 2 aromatic rings. The highest BCUT2D eigenvalue weighted by molar-refractivity contribution is 8.33. The predicted molar refractivity (Wildman–Crippen MR) is 84.6 cm³/mol. The molecule has 2 aromatic carbocycles. The SMILES string of the molecule is CCS(CC)(c1ccccc1)c1ccc(OC)cc1. The first-order valence-corrected chi connectivity index (χ1v) is 8.72. The first kappa shape index (κ1) is 14.0. The monoisotopic (exact) mass is 274 g/mol. The molecule has 102 valence electrons. The molecule has 0 N–H and O–H groups in total. The fraction of sp³-hybridized carbons (Fsp3) is 0.294. The summed E-state index contributed by atoms with van der Waals surface area (Å²) in [5.41, 5.74) is 0. The average Bonchev–Trinajstić information content (AvgIpc) is 2.51. The Kier molecular flexibility index (Phi) is 4.54. The average molecular weight is 274 g/mol. The van der Waals surface area contributed by atoms with Gasteiger partial charge in [0.25, 0.3) is 0 Å². The zero-order chi connectivity index (χ0) is 13.7. The predicted octanol–water partition coefficient (Wildman–Crippen LogP) is 4.96. The van der Waals surface area contributed by atoms with Crippen LogP contribution in [0.2, 0.25) is 0 Å². The van der Waals surface area contributed by atoms with Gasteiger partial charge in [0.2, 0.25) is 0 Å².